The number of ether oxygens (including phenoxy) is 3. The van der Waals surface area contributed by atoms with Crippen molar-refractivity contribution in [3.8, 4) is 17.2 Å². The third kappa shape index (κ3) is 7.62. The number of aromatic nitrogens is 1. The number of aryl methyl sites for hydroxylation is 2. The second-order valence-corrected chi connectivity index (χ2v) is 14.2. The molecule has 1 aliphatic heterocycles. The van der Waals surface area contributed by atoms with Gasteiger partial charge in [0, 0.05) is 15.7 Å². The quantitative estimate of drug-likeness (QED) is 0.140. The highest BCUT2D eigenvalue weighted by Gasteiger charge is 2.33. The van der Waals surface area contributed by atoms with E-state index in [0.717, 1.165) is 37.9 Å². The van der Waals surface area contributed by atoms with Gasteiger partial charge in [-0.2, -0.15) is 0 Å². The van der Waals surface area contributed by atoms with Crippen LogP contribution in [0.5, 0.6) is 17.2 Å². The largest absolute Gasteiger partial charge is 0.497 e. The van der Waals surface area contributed by atoms with Gasteiger partial charge >= 0.3 is 0 Å². The summed E-state index contributed by atoms with van der Waals surface area (Å²) in [5.74, 6) is 1.51. The number of hydrogen-bond acceptors (Lipinski definition) is 7. The van der Waals surface area contributed by atoms with Crippen molar-refractivity contribution in [3.63, 3.8) is 0 Å². The van der Waals surface area contributed by atoms with Gasteiger partial charge in [-0.25, -0.2) is 4.99 Å². The van der Waals surface area contributed by atoms with Crippen LogP contribution in [0.4, 0.5) is 5.69 Å². The van der Waals surface area contributed by atoms with Crippen molar-refractivity contribution in [3.05, 3.63) is 160 Å². The Morgan fingerprint density at radius 3 is 2.41 bits per heavy atom. The Labute approximate surface area is 309 Å². The van der Waals surface area contributed by atoms with Crippen molar-refractivity contribution in [1.29, 1.82) is 0 Å². The molecule has 4 aromatic carbocycles. The molecule has 1 aliphatic rings. The molecule has 1 N–H and O–H groups in total. The highest BCUT2D eigenvalue weighted by Crippen LogP contribution is 2.35. The molecule has 0 saturated heterocycles. The second kappa shape index (κ2) is 15.4. The zero-order valence-corrected chi connectivity index (χ0v) is 31.5. The van der Waals surface area contributed by atoms with E-state index in [1.165, 1.54) is 11.3 Å². The Bertz CT molecular complexity index is 2340. The molecule has 0 unspecified atom stereocenters. The summed E-state index contributed by atoms with van der Waals surface area (Å²) in [6.07, 6.45) is 4.17. The number of thiazole rings is 1. The molecule has 8 nitrogen and oxygen atoms in total. The molecule has 0 spiro atoms. The number of anilines is 1. The van der Waals surface area contributed by atoms with Crippen LogP contribution in [0, 0.1) is 13.8 Å². The van der Waals surface area contributed by atoms with Gasteiger partial charge < -0.3 is 19.5 Å². The van der Waals surface area contributed by atoms with Crippen LogP contribution in [0.3, 0.4) is 0 Å². The smallest absolute Gasteiger partial charge is 0.271 e. The number of benzene rings is 4. The molecule has 2 heterocycles. The van der Waals surface area contributed by atoms with Crippen molar-refractivity contribution in [2.45, 2.75) is 39.8 Å². The van der Waals surface area contributed by atoms with Gasteiger partial charge in [-0.1, -0.05) is 75.3 Å². The lowest BCUT2D eigenvalue weighted by Crippen LogP contribution is -2.40. The topological polar surface area (TPSA) is 91.2 Å². The van der Waals surface area contributed by atoms with E-state index in [1.54, 1.807) is 24.9 Å². The Hall–Kier alpha value is -5.19. The molecular formula is C41H38BrN3O5S. The number of carbonyl (C=O) groups excluding carboxylic acids is 1. The monoisotopic (exact) mass is 763 g/mol. The van der Waals surface area contributed by atoms with Crippen molar-refractivity contribution in [2.75, 3.05) is 19.5 Å². The highest BCUT2D eigenvalue weighted by molar-refractivity contribution is 9.10. The van der Waals surface area contributed by atoms with Crippen LogP contribution < -0.4 is 34.4 Å². The van der Waals surface area contributed by atoms with Gasteiger partial charge in [-0.15, -0.1) is 6.58 Å². The fourth-order valence-electron chi connectivity index (χ4n) is 6.13. The van der Waals surface area contributed by atoms with Gasteiger partial charge in [-0.05, 0) is 98.0 Å². The SMILES string of the molecule is C=CCc1cc(/C=c2/sc3n(c2=O)[C@H](c2ccc(OC)cc2)C(C(=O)Nc2ccc(C)cc2C)=C(C)N=3)cc(OC)c1OCc1ccc(Br)cc1. The van der Waals surface area contributed by atoms with Gasteiger partial charge in [0.05, 0.1) is 36.1 Å². The molecule has 1 aromatic heterocycles. The molecule has 0 saturated carbocycles. The number of hydrogen-bond donors (Lipinski definition) is 1. The average Bonchev–Trinajstić information content (AvgIpc) is 3.42. The van der Waals surface area contributed by atoms with E-state index in [9.17, 15) is 9.59 Å². The minimum absolute atomic E-state index is 0.260. The molecule has 1 atom stereocenters. The number of amides is 1. The Morgan fingerprint density at radius 1 is 1.00 bits per heavy atom. The molecule has 0 aliphatic carbocycles. The first-order valence-corrected chi connectivity index (χ1v) is 17.9. The summed E-state index contributed by atoms with van der Waals surface area (Å²) in [6.45, 7) is 10.1. The second-order valence-electron chi connectivity index (χ2n) is 12.2. The summed E-state index contributed by atoms with van der Waals surface area (Å²) in [5, 5.41) is 3.08. The fraction of sp³-hybridized carbons (Fsp3) is 0.195. The number of nitrogens with zero attached hydrogens (tertiary/aromatic N) is 2. The predicted molar refractivity (Wildman–Crippen MR) is 207 cm³/mol. The van der Waals surface area contributed by atoms with E-state index in [4.69, 9.17) is 19.2 Å². The maximum Gasteiger partial charge on any atom is 0.271 e. The molecule has 0 radical (unpaired) electrons. The number of methoxy groups -OCH3 is 2. The molecule has 260 valence electrons. The Balaban J connectivity index is 1.43. The van der Waals surface area contributed by atoms with Crippen LogP contribution in [-0.4, -0.2) is 24.7 Å². The summed E-state index contributed by atoms with van der Waals surface area (Å²) in [6, 6.07) is 24.3. The number of halogens is 1. The van der Waals surface area contributed by atoms with Gasteiger partial charge in [0.15, 0.2) is 16.3 Å². The molecule has 10 heteroatoms. The number of carbonyl (C=O) groups is 1. The minimum atomic E-state index is -0.722. The third-order valence-electron chi connectivity index (χ3n) is 8.66. The zero-order chi connectivity index (χ0) is 36.2. The third-order valence-corrected chi connectivity index (χ3v) is 10.2. The number of allylic oxidation sites excluding steroid dienone is 2. The summed E-state index contributed by atoms with van der Waals surface area (Å²) in [7, 11) is 3.20. The van der Waals surface area contributed by atoms with E-state index < -0.39 is 6.04 Å². The van der Waals surface area contributed by atoms with Crippen LogP contribution in [0.1, 0.15) is 46.3 Å². The molecule has 0 bridgehead atoms. The van der Waals surface area contributed by atoms with E-state index >= 15 is 0 Å². The zero-order valence-electron chi connectivity index (χ0n) is 29.1. The van der Waals surface area contributed by atoms with Crippen molar-refractivity contribution >= 4 is 44.9 Å². The van der Waals surface area contributed by atoms with Crippen LogP contribution in [0.2, 0.25) is 0 Å². The highest BCUT2D eigenvalue weighted by atomic mass is 79.9. The van der Waals surface area contributed by atoms with E-state index in [0.29, 0.717) is 56.6 Å². The Kier molecular flexibility index (Phi) is 10.7. The van der Waals surface area contributed by atoms with E-state index in [-0.39, 0.29) is 11.5 Å². The van der Waals surface area contributed by atoms with Crippen LogP contribution in [0.15, 0.2) is 117 Å². The first-order valence-electron chi connectivity index (χ1n) is 16.3. The lowest BCUT2D eigenvalue weighted by molar-refractivity contribution is -0.113. The summed E-state index contributed by atoms with van der Waals surface area (Å²) < 4.78 is 20.6. The molecule has 1 amide bonds. The van der Waals surface area contributed by atoms with Crippen molar-refractivity contribution in [2.24, 2.45) is 4.99 Å². The summed E-state index contributed by atoms with van der Waals surface area (Å²) in [5.41, 5.74) is 6.80. The molecule has 5 aromatic rings. The lowest BCUT2D eigenvalue weighted by Gasteiger charge is -2.25. The number of rotatable bonds is 11. The minimum Gasteiger partial charge on any atom is -0.497 e. The first kappa shape index (κ1) is 35.6. The number of nitrogens with one attached hydrogen (secondary N) is 1. The van der Waals surface area contributed by atoms with E-state index in [1.807, 2.05) is 106 Å². The van der Waals surface area contributed by atoms with E-state index in [2.05, 4.69) is 27.8 Å². The molecule has 0 fully saturated rings. The number of fused-ring (bicyclic) bond motifs is 1. The standard InChI is InChI=1S/C41H38BrN3O5S/c1-7-8-30-20-28(21-34(49-6)38(30)50-23-27-10-14-31(42)15-11-27)22-35-40(47)45-37(29-12-16-32(48-5)17-13-29)36(26(4)43-41(45)51-35)39(46)44-33-18-9-24(2)19-25(33)3/h7,9-22,37H,1,8,23H2,2-6H3,(H,44,46)/b35-22+/t37-/m1/s1. The Morgan fingerprint density at radius 2 is 1.75 bits per heavy atom. The van der Waals surface area contributed by atoms with Crippen LogP contribution in [-0.2, 0) is 17.8 Å². The van der Waals surface area contributed by atoms with Gasteiger partial charge in [0.1, 0.15) is 12.4 Å². The van der Waals surface area contributed by atoms with Crippen LogP contribution >= 0.6 is 27.3 Å². The van der Waals surface area contributed by atoms with Gasteiger partial charge in [-0.3, -0.25) is 14.2 Å². The lowest BCUT2D eigenvalue weighted by atomic mass is 9.95. The van der Waals surface area contributed by atoms with Gasteiger partial charge in [0.25, 0.3) is 11.5 Å². The van der Waals surface area contributed by atoms with Crippen LogP contribution in [0.25, 0.3) is 6.08 Å². The summed E-state index contributed by atoms with van der Waals surface area (Å²) >= 11 is 4.75. The maximum atomic E-state index is 14.4. The first-order chi connectivity index (χ1) is 24.6. The van der Waals surface area contributed by atoms with Crippen molar-refractivity contribution in [1.82, 2.24) is 4.57 Å². The molecule has 6 rings (SSSR count). The summed E-state index contributed by atoms with van der Waals surface area (Å²) in [4.78, 5) is 33.8. The average molecular weight is 765 g/mol. The molecule has 51 heavy (non-hydrogen) atoms. The molecular weight excluding hydrogens is 726 g/mol. The van der Waals surface area contributed by atoms with Gasteiger partial charge in [0.2, 0.25) is 0 Å². The van der Waals surface area contributed by atoms with Crippen molar-refractivity contribution < 1.29 is 19.0 Å². The predicted octanol–water partition coefficient (Wildman–Crippen LogP) is 7.58. The fourth-order valence-corrected chi connectivity index (χ4v) is 7.44. The maximum absolute atomic E-state index is 14.4. The normalized spacial score (nSPS) is 14.1.